The zero-order valence-corrected chi connectivity index (χ0v) is 8.57. The number of hydrogen-bond donors (Lipinski definition) is 3. The van der Waals surface area contributed by atoms with E-state index in [0.29, 0.717) is 0 Å². The second kappa shape index (κ2) is 5.30. The van der Waals surface area contributed by atoms with Gasteiger partial charge < -0.3 is 20.3 Å². The van der Waals surface area contributed by atoms with Crippen molar-refractivity contribution >= 4 is 17.8 Å². The van der Waals surface area contributed by atoms with Gasteiger partial charge in [0.2, 0.25) is 0 Å². The lowest BCUT2D eigenvalue weighted by atomic mass is 10.2. The van der Waals surface area contributed by atoms with Gasteiger partial charge in [-0.25, -0.2) is 0 Å². The molecule has 0 fully saturated rings. The van der Waals surface area contributed by atoms with E-state index >= 15 is 0 Å². The van der Waals surface area contributed by atoms with Gasteiger partial charge in [-0.3, -0.25) is 15.0 Å². The molecule has 0 bridgehead atoms. The average Bonchev–Trinajstić information content (AvgIpc) is 2.01. The molecule has 15 heavy (non-hydrogen) atoms. The van der Waals surface area contributed by atoms with Crippen LogP contribution in [0.4, 0.5) is 0 Å². The van der Waals surface area contributed by atoms with E-state index in [9.17, 15) is 14.7 Å². The fraction of sp³-hybridized carbons (Fsp3) is 0.625. The minimum absolute atomic E-state index is 0.196. The van der Waals surface area contributed by atoms with Crippen LogP contribution >= 0.6 is 0 Å². The first-order valence-corrected chi connectivity index (χ1v) is 4.18. The summed E-state index contributed by atoms with van der Waals surface area (Å²) in [6.45, 7) is 2.07. The highest BCUT2D eigenvalue weighted by atomic mass is 16.7. The van der Waals surface area contributed by atoms with Crippen LogP contribution in [-0.2, 0) is 19.1 Å². The first kappa shape index (κ1) is 13.4. The molecule has 0 rings (SSSR count). The van der Waals surface area contributed by atoms with Gasteiger partial charge in [0.15, 0.2) is 5.84 Å². The smallest absolute Gasteiger partial charge is 0.305 e. The van der Waals surface area contributed by atoms with Crippen molar-refractivity contribution in [2.45, 2.75) is 26.1 Å². The lowest BCUT2D eigenvalue weighted by Gasteiger charge is -2.25. The molecule has 0 saturated heterocycles. The van der Waals surface area contributed by atoms with Crippen LogP contribution in [0, 0.1) is 5.41 Å². The van der Waals surface area contributed by atoms with E-state index in [0.717, 1.165) is 6.92 Å². The first-order chi connectivity index (χ1) is 6.78. The maximum absolute atomic E-state index is 10.6. The Kier molecular flexibility index (Phi) is 4.72. The molecule has 0 saturated carbocycles. The molecule has 0 spiro atoms. The second-order valence-corrected chi connectivity index (χ2v) is 2.88. The van der Waals surface area contributed by atoms with Crippen molar-refractivity contribution in [1.82, 2.24) is 0 Å². The van der Waals surface area contributed by atoms with Gasteiger partial charge in [0.1, 0.15) is 0 Å². The van der Waals surface area contributed by atoms with E-state index in [4.69, 9.17) is 11.1 Å². The third-order valence-electron chi connectivity index (χ3n) is 1.48. The summed E-state index contributed by atoms with van der Waals surface area (Å²) in [5, 5.41) is 16.6. The number of carbonyl (C=O) groups is 2. The van der Waals surface area contributed by atoms with Gasteiger partial charge in [0, 0.05) is 13.8 Å². The summed E-state index contributed by atoms with van der Waals surface area (Å²) in [6, 6.07) is 0. The quantitative estimate of drug-likeness (QED) is 0.238. The van der Waals surface area contributed by atoms with E-state index in [1.807, 2.05) is 0 Å². The maximum atomic E-state index is 10.6. The van der Waals surface area contributed by atoms with Crippen molar-refractivity contribution in [2.75, 3.05) is 6.61 Å². The van der Waals surface area contributed by atoms with Gasteiger partial charge in [-0.05, 0) is 0 Å². The molecule has 7 nitrogen and oxygen atoms in total. The first-order valence-electron chi connectivity index (χ1n) is 4.18. The lowest BCUT2D eigenvalue weighted by Crippen LogP contribution is -2.47. The van der Waals surface area contributed by atoms with Gasteiger partial charge in [-0.15, -0.1) is 0 Å². The summed E-state index contributed by atoms with van der Waals surface area (Å²) in [5.41, 5.74) is 5.05. The lowest BCUT2D eigenvalue weighted by molar-refractivity contribution is -0.186. The molecule has 0 aromatic rings. The molecular weight excluding hydrogens is 204 g/mol. The van der Waals surface area contributed by atoms with Gasteiger partial charge in [-0.2, -0.15) is 0 Å². The maximum Gasteiger partial charge on any atom is 0.305 e. The largest absolute Gasteiger partial charge is 0.466 e. The minimum Gasteiger partial charge on any atom is -0.466 e. The number of carbonyl (C=O) groups excluding carboxylic acids is 2. The SMILES string of the molecule is CC(=O)OCCC(O)(OC(C)=O)C(=N)N. The van der Waals surface area contributed by atoms with Crippen LogP contribution in [0.25, 0.3) is 0 Å². The minimum atomic E-state index is -2.21. The molecule has 7 heteroatoms. The highest BCUT2D eigenvalue weighted by Crippen LogP contribution is 2.12. The second-order valence-electron chi connectivity index (χ2n) is 2.88. The van der Waals surface area contributed by atoms with Gasteiger partial charge in [0.25, 0.3) is 5.79 Å². The summed E-state index contributed by atoms with van der Waals surface area (Å²) < 4.78 is 8.98. The molecule has 0 heterocycles. The topological polar surface area (TPSA) is 123 Å². The van der Waals surface area contributed by atoms with Crippen molar-refractivity contribution < 1.29 is 24.2 Å². The Labute approximate surface area is 86.7 Å². The van der Waals surface area contributed by atoms with E-state index in [-0.39, 0.29) is 13.0 Å². The highest BCUT2D eigenvalue weighted by molar-refractivity contribution is 5.86. The molecule has 1 unspecified atom stereocenters. The van der Waals surface area contributed by atoms with Crippen molar-refractivity contribution in [3.63, 3.8) is 0 Å². The molecule has 0 amide bonds. The molecule has 0 aliphatic rings. The molecule has 0 aliphatic carbocycles. The molecule has 0 aliphatic heterocycles. The Bertz CT molecular complexity index is 278. The van der Waals surface area contributed by atoms with E-state index in [1.54, 1.807) is 0 Å². The van der Waals surface area contributed by atoms with Crippen LogP contribution in [0.5, 0.6) is 0 Å². The third-order valence-corrected chi connectivity index (χ3v) is 1.48. The standard InChI is InChI=1S/C8H14N2O5/c1-5(11)14-4-3-8(13,7(9)10)15-6(2)12/h13H,3-4H2,1-2H3,(H3,9,10). The number of esters is 2. The Balaban J connectivity index is 4.32. The fourth-order valence-electron chi connectivity index (χ4n) is 0.812. The molecular formula is C8H14N2O5. The number of nitrogens with two attached hydrogens (primary N) is 1. The average molecular weight is 218 g/mol. The van der Waals surface area contributed by atoms with E-state index in [2.05, 4.69) is 9.47 Å². The van der Waals surface area contributed by atoms with Crippen LogP contribution in [0.15, 0.2) is 0 Å². The Morgan fingerprint density at radius 1 is 1.40 bits per heavy atom. The summed E-state index contributed by atoms with van der Waals surface area (Å²) in [5.74, 6) is -4.24. The van der Waals surface area contributed by atoms with Crippen molar-refractivity contribution in [3.8, 4) is 0 Å². The highest BCUT2D eigenvalue weighted by Gasteiger charge is 2.34. The van der Waals surface area contributed by atoms with Crippen LogP contribution in [-0.4, -0.2) is 35.3 Å². The van der Waals surface area contributed by atoms with Crippen molar-refractivity contribution in [1.29, 1.82) is 5.41 Å². The Morgan fingerprint density at radius 2 is 1.93 bits per heavy atom. The summed E-state index contributed by atoms with van der Waals surface area (Å²) in [6.07, 6.45) is -0.276. The molecule has 0 aromatic heterocycles. The number of amidine groups is 1. The number of nitrogens with one attached hydrogen (secondary N) is 1. The van der Waals surface area contributed by atoms with E-state index in [1.165, 1.54) is 6.92 Å². The molecule has 0 radical (unpaired) electrons. The Hall–Kier alpha value is -1.63. The number of rotatable bonds is 5. The van der Waals surface area contributed by atoms with Crippen LogP contribution in [0.1, 0.15) is 20.3 Å². The van der Waals surface area contributed by atoms with Gasteiger partial charge >= 0.3 is 11.9 Å². The Morgan fingerprint density at radius 3 is 2.27 bits per heavy atom. The molecule has 4 N–H and O–H groups in total. The van der Waals surface area contributed by atoms with Gasteiger partial charge in [0.05, 0.1) is 13.0 Å². The van der Waals surface area contributed by atoms with Crippen LogP contribution in [0.2, 0.25) is 0 Å². The van der Waals surface area contributed by atoms with Crippen molar-refractivity contribution in [3.05, 3.63) is 0 Å². The summed E-state index contributed by atoms with van der Waals surface area (Å²) in [7, 11) is 0. The number of aliphatic hydroxyl groups is 1. The predicted molar refractivity (Wildman–Crippen MR) is 49.9 cm³/mol. The van der Waals surface area contributed by atoms with Crippen LogP contribution < -0.4 is 5.73 Å². The fourth-order valence-corrected chi connectivity index (χ4v) is 0.812. The van der Waals surface area contributed by atoms with Gasteiger partial charge in [-0.1, -0.05) is 0 Å². The van der Waals surface area contributed by atoms with E-state index < -0.39 is 23.6 Å². The van der Waals surface area contributed by atoms with Crippen LogP contribution in [0.3, 0.4) is 0 Å². The predicted octanol–water partition coefficient (Wildman–Crippen LogP) is -0.873. The van der Waals surface area contributed by atoms with Crippen molar-refractivity contribution in [2.24, 2.45) is 5.73 Å². The molecule has 1 atom stereocenters. The molecule has 86 valence electrons. The summed E-state index contributed by atoms with van der Waals surface area (Å²) in [4.78, 5) is 21.0. The number of hydrogen-bond acceptors (Lipinski definition) is 6. The normalized spacial score (nSPS) is 13.8. The monoisotopic (exact) mass is 218 g/mol. The summed E-state index contributed by atoms with van der Waals surface area (Å²) >= 11 is 0. The zero-order chi connectivity index (χ0) is 12.1. The number of ether oxygens (including phenoxy) is 2. The third kappa shape index (κ3) is 4.96. The zero-order valence-electron chi connectivity index (χ0n) is 8.57. The molecule has 0 aromatic carbocycles.